The number of hydrogen-bond acceptors (Lipinski definition) is 7. The van der Waals surface area contributed by atoms with Crippen molar-refractivity contribution in [2.75, 3.05) is 25.6 Å². The van der Waals surface area contributed by atoms with E-state index in [1.165, 1.54) is 6.39 Å². The van der Waals surface area contributed by atoms with E-state index in [9.17, 15) is 9.59 Å². The summed E-state index contributed by atoms with van der Waals surface area (Å²) < 4.78 is 21.2. The van der Waals surface area contributed by atoms with Gasteiger partial charge >= 0.3 is 6.09 Å². The van der Waals surface area contributed by atoms with Gasteiger partial charge in [-0.1, -0.05) is 24.3 Å². The van der Waals surface area contributed by atoms with Gasteiger partial charge in [0.1, 0.15) is 11.9 Å². The van der Waals surface area contributed by atoms with E-state index < -0.39 is 6.09 Å². The molecule has 0 spiro atoms. The third kappa shape index (κ3) is 6.11. The number of anilines is 1. The van der Waals surface area contributed by atoms with Gasteiger partial charge in [0.2, 0.25) is 5.91 Å². The number of rotatable bonds is 8. The summed E-state index contributed by atoms with van der Waals surface area (Å²) in [5.74, 6) is 0.972. The summed E-state index contributed by atoms with van der Waals surface area (Å²) in [6.07, 6.45) is 3.18. The number of nitrogens with one attached hydrogen (secondary N) is 2. The van der Waals surface area contributed by atoms with Gasteiger partial charge < -0.3 is 29.3 Å². The second kappa shape index (κ2) is 10.6. The predicted octanol–water partition coefficient (Wildman–Crippen LogP) is 3.55. The molecule has 3 aromatic rings. The molecule has 0 unspecified atom stereocenters. The Balaban J connectivity index is 1.31. The maximum absolute atomic E-state index is 12.6. The van der Waals surface area contributed by atoms with Crippen molar-refractivity contribution in [3.8, 4) is 17.1 Å². The standard InChI is InChI=1S/C24H25N3O6/c1-30-21-11-18(5-6-20(21)22-13-25-15-32-22)27-23(28)10-16-3-2-4-17(9-16)12-26-24(29)33-19-7-8-31-14-19/h2-6,9,11,13,15,19H,7-8,10,12,14H2,1H3,(H,26,29)(H,27,28)/t19-/m0/s1. The van der Waals surface area contributed by atoms with Crippen LogP contribution in [0.2, 0.25) is 0 Å². The summed E-state index contributed by atoms with van der Waals surface area (Å²) in [6, 6.07) is 12.8. The van der Waals surface area contributed by atoms with Crippen LogP contribution >= 0.6 is 0 Å². The first kappa shape index (κ1) is 22.3. The van der Waals surface area contributed by atoms with E-state index in [0.29, 0.717) is 43.4 Å². The Morgan fingerprint density at radius 3 is 2.82 bits per heavy atom. The minimum absolute atomic E-state index is 0.171. The molecule has 2 aromatic carbocycles. The van der Waals surface area contributed by atoms with Crippen LogP contribution in [-0.4, -0.2) is 43.4 Å². The van der Waals surface area contributed by atoms with Gasteiger partial charge in [-0.05, 0) is 23.3 Å². The maximum atomic E-state index is 12.6. The van der Waals surface area contributed by atoms with E-state index in [1.54, 1.807) is 31.5 Å². The number of alkyl carbamates (subject to hydrolysis) is 1. The maximum Gasteiger partial charge on any atom is 0.407 e. The molecule has 1 aliphatic heterocycles. The number of carbonyl (C=O) groups excluding carboxylic acids is 2. The van der Waals surface area contributed by atoms with Crippen LogP contribution in [0.3, 0.4) is 0 Å². The lowest BCUT2D eigenvalue weighted by Crippen LogP contribution is -2.28. The smallest absolute Gasteiger partial charge is 0.407 e. The van der Waals surface area contributed by atoms with Crippen LogP contribution in [0.25, 0.3) is 11.3 Å². The van der Waals surface area contributed by atoms with Gasteiger partial charge in [-0.2, -0.15) is 0 Å². The van der Waals surface area contributed by atoms with Crippen molar-refractivity contribution in [1.82, 2.24) is 10.3 Å². The predicted molar refractivity (Wildman–Crippen MR) is 120 cm³/mol. The van der Waals surface area contributed by atoms with Crippen LogP contribution in [0, 0.1) is 0 Å². The highest BCUT2D eigenvalue weighted by molar-refractivity contribution is 5.93. The number of benzene rings is 2. The highest BCUT2D eigenvalue weighted by Gasteiger charge is 2.19. The first-order valence-electron chi connectivity index (χ1n) is 10.6. The van der Waals surface area contributed by atoms with Crippen LogP contribution in [0.15, 0.2) is 59.5 Å². The number of amides is 2. The lowest BCUT2D eigenvalue weighted by Gasteiger charge is -2.12. The average molecular weight is 451 g/mol. The van der Waals surface area contributed by atoms with Crippen LogP contribution in [0.4, 0.5) is 10.5 Å². The molecule has 9 nitrogen and oxygen atoms in total. The minimum atomic E-state index is -0.476. The molecule has 0 bridgehead atoms. The van der Waals surface area contributed by atoms with Gasteiger partial charge in [-0.15, -0.1) is 0 Å². The Labute approximate surface area is 191 Å². The van der Waals surface area contributed by atoms with E-state index in [4.69, 9.17) is 18.6 Å². The van der Waals surface area contributed by atoms with E-state index in [1.807, 2.05) is 24.3 Å². The third-order valence-corrected chi connectivity index (χ3v) is 5.14. The Morgan fingerprint density at radius 2 is 2.06 bits per heavy atom. The average Bonchev–Trinajstić information content (AvgIpc) is 3.52. The fourth-order valence-electron chi connectivity index (χ4n) is 3.53. The van der Waals surface area contributed by atoms with E-state index in [0.717, 1.165) is 16.7 Å². The second-order valence-corrected chi connectivity index (χ2v) is 7.57. The van der Waals surface area contributed by atoms with Gasteiger partial charge in [0.15, 0.2) is 12.2 Å². The molecular formula is C24H25N3O6. The number of aromatic nitrogens is 1. The van der Waals surface area contributed by atoms with Crippen LogP contribution in [0.5, 0.6) is 5.75 Å². The number of hydrogen-bond donors (Lipinski definition) is 2. The molecule has 1 saturated heterocycles. The van der Waals surface area contributed by atoms with Gasteiger partial charge in [0.25, 0.3) is 0 Å². The van der Waals surface area contributed by atoms with Crippen LogP contribution in [-0.2, 0) is 27.2 Å². The quantitative estimate of drug-likeness (QED) is 0.539. The van der Waals surface area contributed by atoms with Crippen molar-refractivity contribution in [1.29, 1.82) is 0 Å². The zero-order valence-electron chi connectivity index (χ0n) is 18.2. The monoisotopic (exact) mass is 451 g/mol. The number of oxazole rings is 1. The number of nitrogens with zero attached hydrogens (tertiary/aromatic N) is 1. The van der Waals surface area contributed by atoms with Crippen molar-refractivity contribution >= 4 is 17.7 Å². The molecule has 2 N–H and O–H groups in total. The summed E-state index contributed by atoms with van der Waals surface area (Å²) in [5.41, 5.74) is 3.05. The third-order valence-electron chi connectivity index (χ3n) is 5.14. The molecule has 172 valence electrons. The van der Waals surface area contributed by atoms with Crippen LogP contribution in [0.1, 0.15) is 17.5 Å². The topological polar surface area (TPSA) is 112 Å². The second-order valence-electron chi connectivity index (χ2n) is 7.57. The molecule has 2 heterocycles. The largest absolute Gasteiger partial charge is 0.496 e. The highest BCUT2D eigenvalue weighted by Crippen LogP contribution is 2.32. The Hall–Kier alpha value is -3.85. The summed E-state index contributed by atoms with van der Waals surface area (Å²) >= 11 is 0. The minimum Gasteiger partial charge on any atom is -0.496 e. The normalized spacial score (nSPS) is 15.1. The van der Waals surface area contributed by atoms with Gasteiger partial charge in [0.05, 0.1) is 38.5 Å². The number of carbonyl (C=O) groups is 2. The Bertz CT molecular complexity index is 1090. The van der Waals surface area contributed by atoms with E-state index in [2.05, 4.69) is 15.6 Å². The van der Waals surface area contributed by atoms with E-state index in [-0.39, 0.29) is 18.4 Å². The van der Waals surface area contributed by atoms with Crippen LogP contribution < -0.4 is 15.4 Å². The molecule has 0 aliphatic carbocycles. The molecule has 1 aromatic heterocycles. The van der Waals surface area contributed by atoms with Crippen molar-refractivity contribution in [3.05, 3.63) is 66.2 Å². The Morgan fingerprint density at radius 1 is 1.18 bits per heavy atom. The van der Waals surface area contributed by atoms with Gasteiger partial charge in [-0.25, -0.2) is 9.78 Å². The van der Waals surface area contributed by atoms with Crippen molar-refractivity contribution in [2.45, 2.75) is 25.5 Å². The summed E-state index contributed by atoms with van der Waals surface area (Å²) in [5, 5.41) is 5.61. The molecule has 1 fully saturated rings. The zero-order valence-corrected chi connectivity index (χ0v) is 18.2. The van der Waals surface area contributed by atoms with Gasteiger partial charge in [0, 0.05) is 24.7 Å². The number of methoxy groups -OCH3 is 1. The number of ether oxygens (including phenoxy) is 3. The van der Waals surface area contributed by atoms with Gasteiger partial charge in [-0.3, -0.25) is 4.79 Å². The molecule has 0 radical (unpaired) electrons. The molecule has 4 rings (SSSR count). The zero-order chi connectivity index (χ0) is 23.0. The highest BCUT2D eigenvalue weighted by atomic mass is 16.6. The summed E-state index contributed by atoms with van der Waals surface area (Å²) in [4.78, 5) is 28.4. The Kier molecular flexibility index (Phi) is 7.21. The van der Waals surface area contributed by atoms with Crippen molar-refractivity contribution in [2.24, 2.45) is 0 Å². The molecule has 1 aliphatic rings. The summed E-state index contributed by atoms with van der Waals surface area (Å²) in [6.45, 7) is 1.36. The first-order chi connectivity index (χ1) is 16.1. The molecule has 1 atom stereocenters. The fourth-order valence-corrected chi connectivity index (χ4v) is 3.53. The molecular weight excluding hydrogens is 426 g/mol. The molecule has 9 heteroatoms. The lowest BCUT2D eigenvalue weighted by atomic mass is 10.1. The lowest BCUT2D eigenvalue weighted by molar-refractivity contribution is -0.115. The molecule has 33 heavy (non-hydrogen) atoms. The van der Waals surface area contributed by atoms with E-state index >= 15 is 0 Å². The molecule has 0 saturated carbocycles. The first-order valence-corrected chi connectivity index (χ1v) is 10.6. The van der Waals surface area contributed by atoms with Crippen molar-refractivity contribution < 1.29 is 28.2 Å². The summed E-state index contributed by atoms with van der Waals surface area (Å²) in [7, 11) is 1.55. The van der Waals surface area contributed by atoms with Crippen molar-refractivity contribution in [3.63, 3.8) is 0 Å². The SMILES string of the molecule is COc1cc(NC(=O)Cc2cccc(CNC(=O)O[C@H]3CCOC3)c2)ccc1-c1cnco1. The molecule has 2 amide bonds. The fraction of sp³-hybridized carbons (Fsp3) is 0.292.